The van der Waals surface area contributed by atoms with E-state index in [1.807, 2.05) is 30.3 Å². The second-order valence-electron chi connectivity index (χ2n) is 6.04. The second-order valence-corrected chi connectivity index (χ2v) is 6.04. The Morgan fingerprint density at radius 1 is 1.17 bits per heavy atom. The number of hydrogen-bond acceptors (Lipinski definition) is 4. The molecule has 0 saturated carbocycles. The predicted octanol–water partition coefficient (Wildman–Crippen LogP) is 2.12. The van der Waals surface area contributed by atoms with Crippen LogP contribution in [0.4, 0.5) is 0 Å². The molecule has 1 heterocycles. The third-order valence-corrected chi connectivity index (χ3v) is 4.28. The monoisotopic (exact) mass is 320 g/mol. The van der Waals surface area contributed by atoms with Crippen LogP contribution in [-0.2, 0) is 11.3 Å². The van der Waals surface area contributed by atoms with E-state index < -0.39 is 0 Å². The minimum absolute atomic E-state index is 0.0605. The molecule has 2 atom stereocenters. The molecule has 2 aromatic carbocycles. The average Bonchev–Trinajstić information content (AvgIpc) is 3.12. The van der Waals surface area contributed by atoms with Gasteiger partial charge in [-0.2, -0.15) is 5.26 Å². The molecule has 122 valence electrons. The summed E-state index contributed by atoms with van der Waals surface area (Å²) < 4.78 is 0. The molecule has 2 N–H and O–H groups in total. The molecule has 3 rings (SSSR count). The van der Waals surface area contributed by atoms with Crippen LogP contribution < -0.4 is 10.9 Å². The van der Waals surface area contributed by atoms with Crippen molar-refractivity contribution in [2.45, 2.75) is 25.0 Å². The highest BCUT2D eigenvalue weighted by Crippen LogP contribution is 2.22. The van der Waals surface area contributed by atoms with Crippen molar-refractivity contribution in [3.63, 3.8) is 0 Å². The van der Waals surface area contributed by atoms with Gasteiger partial charge in [0.25, 0.3) is 0 Å². The van der Waals surface area contributed by atoms with Crippen molar-refractivity contribution in [2.75, 3.05) is 7.05 Å². The molecule has 0 bridgehead atoms. The molecule has 0 aliphatic carbocycles. The summed E-state index contributed by atoms with van der Waals surface area (Å²) >= 11 is 0. The van der Waals surface area contributed by atoms with E-state index >= 15 is 0 Å². The van der Waals surface area contributed by atoms with Crippen LogP contribution in [0.25, 0.3) is 0 Å². The number of benzene rings is 2. The number of hydrazine groups is 1. The Morgan fingerprint density at radius 2 is 1.88 bits per heavy atom. The summed E-state index contributed by atoms with van der Waals surface area (Å²) in [6.07, 6.45) is 0.723. The van der Waals surface area contributed by atoms with E-state index in [0.29, 0.717) is 12.1 Å². The lowest BCUT2D eigenvalue weighted by Gasteiger charge is -2.21. The Kier molecular flexibility index (Phi) is 4.90. The van der Waals surface area contributed by atoms with Gasteiger partial charge in [0.15, 0.2) is 0 Å². The summed E-state index contributed by atoms with van der Waals surface area (Å²) in [7, 11) is 1.80. The Hall–Kier alpha value is -2.68. The van der Waals surface area contributed by atoms with E-state index in [1.165, 1.54) is 5.56 Å². The molecule has 1 aliphatic rings. The molecule has 0 aromatic heterocycles. The largest absolute Gasteiger partial charge is 0.340 e. The third kappa shape index (κ3) is 3.62. The Morgan fingerprint density at radius 3 is 2.54 bits per heavy atom. The maximum Gasteiger partial charge on any atom is 0.241 e. The van der Waals surface area contributed by atoms with Crippen LogP contribution in [0, 0.1) is 11.3 Å². The molecule has 1 fully saturated rings. The van der Waals surface area contributed by atoms with E-state index in [9.17, 15) is 4.79 Å². The van der Waals surface area contributed by atoms with Crippen LogP contribution in [0.2, 0.25) is 0 Å². The average molecular weight is 320 g/mol. The minimum atomic E-state index is -0.237. The van der Waals surface area contributed by atoms with Crippen molar-refractivity contribution in [3.8, 4) is 6.07 Å². The lowest BCUT2D eigenvalue weighted by Crippen LogP contribution is -2.43. The van der Waals surface area contributed by atoms with Gasteiger partial charge in [0.1, 0.15) is 6.04 Å². The number of hydrogen-bond donors (Lipinski definition) is 2. The zero-order valence-electron chi connectivity index (χ0n) is 13.6. The molecule has 2 unspecified atom stereocenters. The number of carbonyl (C=O) groups excluding carboxylic acids is 1. The SMILES string of the molecule is CN(Cc1ccc(C#N)cc1)C(=O)C1CC(c2ccccc2)NN1. The summed E-state index contributed by atoms with van der Waals surface area (Å²) in [5.41, 5.74) is 9.12. The molecule has 24 heavy (non-hydrogen) atoms. The molecule has 1 aliphatic heterocycles. The minimum Gasteiger partial charge on any atom is -0.340 e. The highest BCUT2D eigenvalue weighted by Gasteiger charge is 2.31. The zero-order valence-corrected chi connectivity index (χ0v) is 13.6. The summed E-state index contributed by atoms with van der Waals surface area (Å²) in [6, 6.07) is 19.4. The summed E-state index contributed by atoms with van der Waals surface area (Å²) in [6.45, 7) is 0.527. The predicted molar refractivity (Wildman–Crippen MR) is 91.5 cm³/mol. The number of nitrogens with one attached hydrogen (secondary N) is 2. The Bertz CT molecular complexity index is 736. The van der Waals surface area contributed by atoms with Crippen LogP contribution in [0.1, 0.15) is 29.2 Å². The van der Waals surface area contributed by atoms with Crippen molar-refractivity contribution >= 4 is 5.91 Å². The van der Waals surface area contributed by atoms with Crippen LogP contribution in [0.15, 0.2) is 54.6 Å². The standard InChI is InChI=1S/C19H20N4O/c1-23(13-15-9-7-14(12-20)8-10-15)19(24)18-11-17(21-22-18)16-5-3-2-4-6-16/h2-10,17-18,21-22H,11,13H2,1H3. The van der Waals surface area contributed by atoms with E-state index in [-0.39, 0.29) is 18.0 Å². The van der Waals surface area contributed by atoms with Gasteiger partial charge >= 0.3 is 0 Å². The zero-order chi connectivity index (χ0) is 16.9. The number of nitriles is 1. The fraction of sp³-hybridized carbons (Fsp3) is 0.263. The summed E-state index contributed by atoms with van der Waals surface area (Å²) in [5, 5.41) is 8.83. The van der Waals surface area contributed by atoms with Gasteiger partial charge in [0.05, 0.1) is 11.6 Å². The van der Waals surface area contributed by atoms with Gasteiger partial charge in [-0.15, -0.1) is 0 Å². The van der Waals surface area contributed by atoms with Crippen molar-refractivity contribution in [1.29, 1.82) is 5.26 Å². The molecule has 1 amide bonds. The fourth-order valence-electron chi connectivity index (χ4n) is 2.92. The van der Waals surface area contributed by atoms with Gasteiger partial charge in [-0.3, -0.25) is 4.79 Å². The van der Waals surface area contributed by atoms with Crippen LogP contribution in [0.3, 0.4) is 0 Å². The molecular weight excluding hydrogens is 300 g/mol. The second kappa shape index (κ2) is 7.26. The summed E-state index contributed by atoms with van der Waals surface area (Å²) in [4.78, 5) is 14.3. The number of amides is 1. The summed E-state index contributed by atoms with van der Waals surface area (Å²) in [5.74, 6) is 0.0605. The van der Waals surface area contributed by atoms with Gasteiger partial charge in [0.2, 0.25) is 5.91 Å². The maximum atomic E-state index is 12.6. The highest BCUT2D eigenvalue weighted by atomic mass is 16.2. The van der Waals surface area contributed by atoms with Crippen LogP contribution in [0.5, 0.6) is 0 Å². The number of nitrogens with zero attached hydrogens (tertiary/aromatic N) is 2. The van der Waals surface area contributed by atoms with Crippen molar-refractivity contribution in [1.82, 2.24) is 15.8 Å². The first-order chi connectivity index (χ1) is 11.7. The van der Waals surface area contributed by atoms with Crippen molar-refractivity contribution in [2.24, 2.45) is 0 Å². The first-order valence-corrected chi connectivity index (χ1v) is 7.97. The molecule has 2 aromatic rings. The third-order valence-electron chi connectivity index (χ3n) is 4.28. The maximum absolute atomic E-state index is 12.6. The molecule has 5 heteroatoms. The van der Waals surface area contributed by atoms with Gasteiger partial charge < -0.3 is 4.90 Å². The van der Waals surface area contributed by atoms with Crippen molar-refractivity contribution < 1.29 is 4.79 Å². The normalized spacial score (nSPS) is 19.7. The van der Waals surface area contributed by atoms with Crippen LogP contribution in [-0.4, -0.2) is 23.9 Å². The number of carbonyl (C=O) groups is 1. The highest BCUT2D eigenvalue weighted by molar-refractivity contribution is 5.82. The first kappa shape index (κ1) is 16.2. The lowest BCUT2D eigenvalue weighted by atomic mass is 10.0. The lowest BCUT2D eigenvalue weighted by molar-refractivity contribution is -0.132. The van der Waals surface area contributed by atoms with E-state index in [0.717, 1.165) is 12.0 Å². The van der Waals surface area contributed by atoms with Gasteiger partial charge in [0, 0.05) is 19.6 Å². The Balaban J connectivity index is 1.59. The molecule has 0 radical (unpaired) electrons. The van der Waals surface area contributed by atoms with E-state index in [2.05, 4.69) is 29.1 Å². The molecule has 0 spiro atoms. The number of rotatable bonds is 4. The van der Waals surface area contributed by atoms with Gasteiger partial charge in [-0.25, -0.2) is 10.9 Å². The first-order valence-electron chi connectivity index (χ1n) is 7.97. The topological polar surface area (TPSA) is 68.2 Å². The molecule has 1 saturated heterocycles. The van der Waals surface area contributed by atoms with Gasteiger partial charge in [-0.1, -0.05) is 42.5 Å². The fourth-order valence-corrected chi connectivity index (χ4v) is 2.92. The quantitative estimate of drug-likeness (QED) is 0.905. The van der Waals surface area contributed by atoms with Crippen LogP contribution >= 0.6 is 0 Å². The smallest absolute Gasteiger partial charge is 0.241 e. The van der Waals surface area contributed by atoms with Gasteiger partial charge in [-0.05, 0) is 29.7 Å². The Labute approximate surface area is 141 Å². The van der Waals surface area contributed by atoms with Crippen molar-refractivity contribution in [3.05, 3.63) is 71.3 Å². The number of likely N-dealkylation sites (N-methyl/N-ethyl adjacent to an activating group) is 1. The molecule has 5 nitrogen and oxygen atoms in total. The van der Waals surface area contributed by atoms with E-state index in [1.54, 1.807) is 24.1 Å². The molecular formula is C19H20N4O. The van der Waals surface area contributed by atoms with E-state index in [4.69, 9.17) is 5.26 Å².